The van der Waals surface area contributed by atoms with Crippen LogP contribution in [-0.2, 0) is 11.2 Å². The summed E-state index contributed by atoms with van der Waals surface area (Å²) in [6, 6.07) is 13.6. The second kappa shape index (κ2) is 7.15. The van der Waals surface area contributed by atoms with Gasteiger partial charge in [-0.1, -0.05) is 12.1 Å². The topological polar surface area (TPSA) is 85.3 Å². The van der Waals surface area contributed by atoms with Gasteiger partial charge in [-0.15, -0.1) is 0 Å². The van der Waals surface area contributed by atoms with E-state index in [1.165, 1.54) is 0 Å². The smallest absolute Gasteiger partial charge is 0.224 e. The Kier molecular flexibility index (Phi) is 4.24. The molecular formula is C25H23N5O2. The number of nitrogens with zero attached hydrogens (tertiary/aromatic N) is 4. The number of carbonyl (C=O) groups excluding carboxylic acids is 1. The van der Waals surface area contributed by atoms with E-state index < -0.39 is 0 Å². The van der Waals surface area contributed by atoms with Gasteiger partial charge in [0, 0.05) is 34.8 Å². The molecular weight excluding hydrogens is 402 g/mol. The van der Waals surface area contributed by atoms with Gasteiger partial charge < -0.3 is 9.73 Å². The highest BCUT2D eigenvalue weighted by atomic mass is 16.3. The molecule has 0 saturated heterocycles. The van der Waals surface area contributed by atoms with Crippen LogP contribution in [0.1, 0.15) is 48.0 Å². The van der Waals surface area contributed by atoms with Crippen molar-refractivity contribution in [3.05, 3.63) is 65.3 Å². The Morgan fingerprint density at radius 1 is 1.12 bits per heavy atom. The zero-order chi connectivity index (χ0) is 21.8. The molecule has 0 radical (unpaired) electrons. The molecule has 3 heterocycles. The number of hydrogen-bond acceptors (Lipinski definition) is 5. The first-order valence-corrected chi connectivity index (χ1v) is 11.0. The van der Waals surface area contributed by atoms with Gasteiger partial charge in [0.25, 0.3) is 0 Å². The maximum atomic E-state index is 12.7. The van der Waals surface area contributed by atoms with Crippen LogP contribution in [0.4, 0.5) is 5.69 Å². The molecule has 1 aliphatic carbocycles. The SMILES string of the molecule is Cc1nc2c3ccccc3nn2c(C)c1CCC(=O)Nc1ccc2oc(C3CC3)nc2c1. The van der Waals surface area contributed by atoms with E-state index in [-0.39, 0.29) is 5.91 Å². The Balaban J connectivity index is 1.20. The van der Waals surface area contributed by atoms with Crippen molar-refractivity contribution < 1.29 is 9.21 Å². The van der Waals surface area contributed by atoms with Crippen LogP contribution < -0.4 is 5.32 Å². The molecule has 0 atom stereocenters. The van der Waals surface area contributed by atoms with Gasteiger partial charge in [-0.3, -0.25) is 4.79 Å². The first-order chi connectivity index (χ1) is 15.6. The van der Waals surface area contributed by atoms with Crippen LogP contribution in [0.5, 0.6) is 0 Å². The third-order valence-electron chi connectivity index (χ3n) is 6.23. The molecule has 6 rings (SSSR count). The van der Waals surface area contributed by atoms with E-state index in [0.29, 0.717) is 18.8 Å². The van der Waals surface area contributed by atoms with Crippen LogP contribution >= 0.6 is 0 Å². The number of aromatic nitrogens is 4. The molecule has 1 amide bonds. The summed E-state index contributed by atoms with van der Waals surface area (Å²) < 4.78 is 7.69. The number of rotatable bonds is 5. The average Bonchev–Trinajstić information content (AvgIpc) is 3.44. The van der Waals surface area contributed by atoms with Gasteiger partial charge in [-0.25, -0.2) is 14.5 Å². The standard InChI is InChI=1S/C25H23N5O2/c1-14-18(15(2)30-24(26-14)19-5-3-4-6-20(19)29-30)10-12-23(31)27-17-9-11-22-21(13-17)28-25(32-22)16-7-8-16/h3-6,9,11,13,16H,7-8,10,12H2,1-2H3,(H,27,31). The van der Waals surface area contributed by atoms with Crippen LogP contribution in [0.3, 0.4) is 0 Å². The zero-order valence-electron chi connectivity index (χ0n) is 18.1. The van der Waals surface area contributed by atoms with E-state index >= 15 is 0 Å². The molecule has 1 saturated carbocycles. The molecule has 1 N–H and O–H groups in total. The first-order valence-electron chi connectivity index (χ1n) is 11.0. The third kappa shape index (κ3) is 3.21. The van der Waals surface area contributed by atoms with Crippen molar-refractivity contribution in [1.29, 1.82) is 0 Å². The number of amides is 1. The normalized spacial score (nSPS) is 13.9. The number of fused-ring (bicyclic) bond motifs is 4. The van der Waals surface area contributed by atoms with Crippen molar-refractivity contribution in [2.75, 3.05) is 5.32 Å². The van der Waals surface area contributed by atoms with Gasteiger partial charge in [0.2, 0.25) is 5.91 Å². The lowest BCUT2D eigenvalue weighted by Gasteiger charge is -2.11. The fourth-order valence-corrected chi connectivity index (χ4v) is 4.33. The maximum absolute atomic E-state index is 12.7. The van der Waals surface area contributed by atoms with Gasteiger partial charge >= 0.3 is 0 Å². The van der Waals surface area contributed by atoms with E-state index in [1.54, 1.807) is 0 Å². The lowest BCUT2D eigenvalue weighted by atomic mass is 10.1. The van der Waals surface area contributed by atoms with E-state index in [4.69, 9.17) is 14.5 Å². The number of oxazole rings is 1. The van der Waals surface area contributed by atoms with Crippen molar-refractivity contribution in [1.82, 2.24) is 19.6 Å². The van der Waals surface area contributed by atoms with Crippen molar-refractivity contribution in [2.45, 2.75) is 45.4 Å². The van der Waals surface area contributed by atoms with E-state index in [1.807, 2.05) is 60.8 Å². The maximum Gasteiger partial charge on any atom is 0.224 e. The lowest BCUT2D eigenvalue weighted by Crippen LogP contribution is -2.14. The minimum absolute atomic E-state index is 0.0419. The molecule has 1 aliphatic rings. The molecule has 0 aliphatic heterocycles. The minimum atomic E-state index is -0.0419. The predicted molar refractivity (Wildman–Crippen MR) is 123 cm³/mol. The van der Waals surface area contributed by atoms with Crippen LogP contribution in [0.15, 0.2) is 46.9 Å². The second-order valence-corrected chi connectivity index (χ2v) is 8.57. The molecule has 160 valence electrons. The molecule has 5 aromatic rings. The molecule has 7 heteroatoms. The van der Waals surface area contributed by atoms with Crippen LogP contribution in [-0.4, -0.2) is 25.5 Å². The number of hydrogen-bond donors (Lipinski definition) is 1. The van der Waals surface area contributed by atoms with Gasteiger partial charge in [0.1, 0.15) is 5.52 Å². The minimum Gasteiger partial charge on any atom is -0.440 e. The molecule has 0 unspecified atom stereocenters. The molecule has 0 bridgehead atoms. The average molecular weight is 425 g/mol. The van der Waals surface area contributed by atoms with Crippen LogP contribution in [0, 0.1) is 13.8 Å². The summed E-state index contributed by atoms with van der Waals surface area (Å²) in [6.45, 7) is 4.04. The van der Waals surface area contributed by atoms with Crippen molar-refractivity contribution in [3.8, 4) is 0 Å². The molecule has 2 aromatic carbocycles. The van der Waals surface area contributed by atoms with Crippen molar-refractivity contribution in [3.63, 3.8) is 0 Å². The number of anilines is 1. The van der Waals surface area contributed by atoms with E-state index in [2.05, 4.69) is 10.3 Å². The number of benzene rings is 2. The molecule has 3 aromatic heterocycles. The monoisotopic (exact) mass is 425 g/mol. The highest BCUT2D eigenvalue weighted by Crippen LogP contribution is 2.40. The number of carbonyl (C=O) groups is 1. The highest BCUT2D eigenvalue weighted by molar-refractivity contribution is 5.93. The Hall–Kier alpha value is -3.74. The summed E-state index contributed by atoms with van der Waals surface area (Å²) in [5.74, 6) is 1.23. The van der Waals surface area contributed by atoms with Gasteiger partial charge in [-0.05, 0) is 69.0 Å². The van der Waals surface area contributed by atoms with E-state index in [9.17, 15) is 4.79 Å². The molecule has 32 heavy (non-hydrogen) atoms. The fourth-order valence-electron chi connectivity index (χ4n) is 4.33. The molecule has 7 nitrogen and oxygen atoms in total. The predicted octanol–water partition coefficient (Wildman–Crippen LogP) is 5.09. The largest absolute Gasteiger partial charge is 0.440 e. The zero-order valence-corrected chi connectivity index (χ0v) is 18.1. The van der Waals surface area contributed by atoms with Gasteiger partial charge in [-0.2, -0.15) is 5.10 Å². The second-order valence-electron chi connectivity index (χ2n) is 8.57. The Labute approximate surface area is 184 Å². The summed E-state index contributed by atoms with van der Waals surface area (Å²) in [7, 11) is 0. The van der Waals surface area contributed by atoms with E-state index in [0.717, 1.165) is 69.0 Å². The quantitative estimate of drug-likeness (QED) is 0.424. The lowest BCUT2D eigenvalue weighted by molar-refractivity contribution is -0.116. The van der Waals surface area contributed by atoms with Crippen molar-refractivity contribution >= 4 is 39.2 Å². The summed E-state index contributed by atoms with van der Waals surface area (Å²) in [4.78, 5) is 22.0. The highest BCUT2D eigenvalue weighted by Gasteiger charge is 2.28. The van der Waals surface area contributed by atoms with Crippen LogP contribution in [0.2, 0.25) is 0 Å². The molecule has 1 fully saturated rings. The van der Waals surface area contributed by atoms with Gasteiger partial charge in [0.05, 0.1) is 5.52 Å². The van der Waals surface area contributed by atoms with Crippen molar-refractivity contribution in [2.24, 2.45) is 0 Å². The number of nitrogens with one attached hydrogen (secondary N) is 1. The Morgan fingerprint density at radius 2 is 1.97 bits per heavy atom. The summed E-state index contributed by atoms with van der Waals surface area (Å²) in [6.07, 6.45) is 3.25. The van der Waals surface area contributed by atoms with Crippen LogP contribution in [0.25, 0.3) is 27.6 Å². The third-order valence-corrected chi connectivity index (χ3v) is 6.23. The number of aryl methyl sites for hydroxylation is 2. The van der Waals surface area contributed by atoms with Gasteiger partial charge in [0.15, 0.2) is 17.1 Å². The Morgan fingerprint density at radius 3 is 2.81 bits per heavy atom. The fraction of sp³-hybridized carbons (Fsp3) is 0.280. The molecule has 0 spiro atoms. The summed E-state index contributed by atoms with van der Waals surface area (Å²) in [5.41, 5.74) is 7.08. The Bertz CT molecular complexity index is 1510. The first kappa shape index (κ1) is 19.0. The summed E-state index contributed by atoms with van der Waals surface area (Å²) in [5, 5.41) is 8.73. The summed E-state index contributed by atoms with van der Waals surface area (Å²) >= 11 is 0.